The minimum atomic E-state index is -1.05. The molecule has 1 aromatic heterocycles. The molecule has 0 saturated heterocycles. The van der Waals surface area contributed by atoms with Crippen LogP contribution in [0.5, 0.6) is 11.5 Å². The monoisotopic (exact) mass is 260 g/mol. The zero-order valence-electron chi connectivity index (χ0n) is 10.5. The fraction of sp³-hybridized carbons (Fsp3) is 0.231. The number of hydrogen-bond donors (Lipinski definition) is 1. The molecule has 2 heterocycles. The van der Waals surface area contributed by atoms with Crippen LogP contribution in [0.15, 0.2) is 18.2 Å². The van der Waals surface area contributed by atoms with Crippen molar-refractivity contribution in [3.63, 3.8) is 0 Å². The average molecular weight is 260 g/mol. The Morgan fingerprint density at radius 2 is 2.21 bits per heavy atom. The molecule has 98 valence electrons. The number of hydrogen-bond acceptors (Lipinski definition) is 4. The maximum atomic E-state index is 11.0. The van der Waals surface area contributed by atoms with Crippen molar-refractivity contribution in [2.45, 2.75) is 6.92 Å². The first kappa shape index (κ1) is 11.6. The Balaban J connectivity index is 2.22. The number of nitrogens with zero attached hydrogens (tertiary/aromatic N) is 2. The molecule has 0 saturated carbocycles. The lowest BCUT2D eigenvalue weighted by Crippen LogP contribution is -2.00. The van der Waals surface area contributed by atoms with Gasteiger partial charge in [-0.2, -0.15) is 5.10 Å². The van der Waals surface area contributed by atoms with Gasteiger partial charge >= 0.3 is 5.97 Å². The third-order valence-corrected chi connectivity index (χ3v) is 3.10. The zero-order chi connectivity index (χ0) is 13.6. The summed E-state index contributed by atoms with van der Waals surface area (Å²) >= 11 is 0. The second kappa shape index (κ2) is 4.01. The van der Waals surface area contributed by atoms with Gasteiger partial charge in [0, 0.05) is 12.6 Å². The Morgan fingerprint density at radius 1 is 1.42 bits per heavy atom. The lowest BCUT2D eigenvalue weighted by atomic mass is 10.0. The number of aromatic nitrogens is 2. The molecule has 0 aliphatic carbocycles. The van der Waals surface area contributed by atoms with Crippen LogP contribution in [0.1, 0.15) is 16.1 Å². The number of benzene rings is 1. The topological polar surface area (TPSA) is 73.6 Å². The van der Waals surface area contributed by atoms with Gasteiger partial charge in [-0.25, -0.2) is 4.79 Å². The van der Waals surface area contributed by atoms with E-state index >= 15 is 0 Å². The molecule has 1 aromatic carbocycles. The van der Waals surface area contributed by atoms with Gasteiger partial charge in [0.1, 0.15) is 0 Å². The minimum Gasteiger partial charge on any atom is -0.476 e. The number of aryl methyl sites for hydroxylation is 2. The van der Waals surface area contributed by atoms with E-state index in [2.05, 4.69) is 5.10 Å². The van der Waals surface area contributed by atoms with Crippen molar-refractivity contribution in [2.75, 3.05) is 6.79 Å². The van der Waals surface area contributed by atoms with Crippen molar-refractivity contribution in [3.8, 4) is 22.8 Å². The number of carboxylic acids is 1. The first-order valence-corrected chi connectivity index (χ1v) is 5.75. The molecule has 0 radical (unpaired) electrons. The molecule has 1 aliphatic rings. The van der Waals surface area contributed by atoms with Crippen molar-refractivity contribution in [1.29, 1.82) is 0 Å². The molecule has 0 atom stereocenters. The van der Waals surface area contributed by atoms with E-state index in [1.54, 1.807) is 7.05 Å². The smallest absolute Gasteiger partial charge is 0.356 e. The molecule has 2 aromatic rings. The van der Waals surface area contributed by atoms with Gasteiger partial charge in [-0.15, -0.1) is 0 Å². The number of carboxylic acid groups (broad SMARTS) is 1. The molecule has 3 rings (SSSR count). The van der Waals surface area contributed by atoms with Crippen molar-refractivity contribution in [1.82, 2.24) is 9.78 Å². The number of ether oxygens (including phenoxy) is 2. The summed E-state index contributed by atoms with van der Waals surface area (Å²) in [6.07, 6.45) is 0. The molecular formula is C13H12N2O4. The molecule has 0 amide bonds. The zero-order valence-corrected chi connectivity index (χ0v) is 10.5. The highest BCUT2D eigenvalue weighted by molar-refractivity contribution is 5.88. The van der Waals surface area contributed by atoms with Gasteiger partial charge in [-0.1, -0.05) is 6.07 Å². The van der Waals surface area contributed by atoms with Crippen molar-refractivity contribution in [2.24, 2.45) is 7.05 Å². The van der Waals surface area contributed by atoms with Crippen LogP contribution in [-0.2, 0) is 7.05 Å². The fourth-order valence-corrected chi connectivity index (χ4v) is 2.19. The molecule has 0 fully saturated rings. The van der Waals surface area contributed by atoms with Crippen LogP contribution < -0.4 is 9.47 Å². The predicted molar refractivity (Wildman–Crippen MR) is 66.5 cm³/mol. The summed E-state index contributed by atoms with van der Waals surface area (Å²) in [5, 5.41) is 13.0. The van der Waals surface area contributed by atoms with E-state index in [4.69, 9.17) is 14.6 Å². The molecule has 0 spiro atoms. The van der Waals surface area contributed by atoms with Gasteiger partial charge in [0.25, 0.3) is 0 Å². The summed E-state index contributed by atoms with van der Waals surface area (Å²) in [5.74, 6) is 0.253. The Bertz CT molecular complexity index is 676. The lowest BCUT2D eigenvalue weighted by Gasteiger charge is -2.09. The largest absolute Gasteiger partial charge is 0.476 e. The number of aromatic carboxylic acids is 1. The third kappa shape index (κ3) is 1.72. The van der Waals surface area contributed by atoms with E-state index in [0.29, 0.717) is 17.2 Å². The molecule has 0 unspecified atom stereocenters. The van der Waals surface area contributed by atoms with Crippen molar-refractivity contribution in [3.05, 3.63) is 29.5 Å². The molecule has 1 N–H and O–H groups in total. The normalized spacial score (nSPS) is 12.7. The summed E-state index contributed by atoms with van der Waals surface area (Å²) in [6, 6.07) is 5.29. The van der Waals surface area contributed by atoms with Crippen LogP contribution in [-0.4, -0.2) is 27.6 Å². The van der Waals surface area contributed by atoms with E-state index in [0.717, 1.165) is 11.1 Å². The summed E-state index contributed by atoms with van der Waals surface area (Å²) in [4.78, 5) is 11.0. The van der Waals surface area contributed by atoms with Crippen LogP contribution in [0.2, 0.25) is 0 Å². The van der Waals surface area contributed by atoms with Gasteiger partial charge in [-0.05, 0) is 24.6 Å². The average Bonchev–Trinajstić information content (AvgIpc) is 2.96. The van der Waals surface area contributed by atoms with E-state index in [1.165, 1.54) is 10.7 Å². The third-order valence-electron chi connectivity index (χ3n) is 3.10. The van der Waals surface area contributed by atoms with Gasteiger partial charge in [0.05, 0.1) is 5.69 Å². The van der Waals surface area contributed by atoms with E-state index in [1.807, 2.05) is 19.1 Å². The maximum Gasteiger partial charge on any atom is 0.356 e. The first-order chi connectivity index (χ1) is 9.08. The molecule has 0 bridgehead atoms. The molecule has 19 heavy (non-hydrogen) atoms. The molecular weight excluding hydrogens is 248 g/mol. The fourth-order valence-electron chi connectivity index (χ4n) is 2.19. The summed E-state index contributed by atoms with van der Waals surface area (Å²) in [7, 11) is 1.70. The van der Waals surface area contributed by atoms with E-state index in [9.17, 15) is 4.79 Å². The lowest BCUT2D eigenvalue weighted by molar-refractivity contribution is 0.0689. The van der Waals surface area contributed by atoms with Crippen LogP contribution >= 0.6 is 0 Å². The van der Waals surface area contributed by atoms with Crippen LogP contribution in [0.4, 0.5) is 0 Å². The highest BCUT2D eigenvalue weighted by Crippen LogP contribution is 2.43. The van der Waals surface area contributed by atoms with E-state index < -0.39 is 5.97 Å². The van der Waals surface area contributed by atoms with Crippen LogP contribution in [0.3, 0.4) is 0 Å². The minimum absolute atomic E-state index is 0.00779. The SMILES string of the molecule is Cc1ccc2c(c1-c1cc(C(=O)O)nn1C)OCO2. The summed E-state index contributed by atoms with van der Waals surface area (Å²) in [6.45, 7) is 2.11. The van der Waals surface area contributed by atoms with Gasteiger partial charge in [0.2, 0.25) is 6.79 Å². The molecule has 6 nitrogen and oxygen atoms in total. The van der Waals surface area contributed by atoms with E-state index in [-0.39, 0.29) is 12.5 Å². The number of fused-ring (bicyclic) bond motifs is 1. The van der Waals surface area contributed by atoms with Crippen molar-refractivity contribution < 1.29 is 19.4 Å². The Morgan fingerprint density at radius 3 is 2.89 bits per heavy atom. The van der Waals surface area contributed by atoms with Gasteiger partial charge in [0.15, 0.2) is 17.2 Å². The molecule has 6 heteroatoms. The predicted octanol–water partition coefficient (Wildman–Crippen LogP) is 1.82. The Labute approximate surface area is 109 Å². The maximum absolute atomic E-state index is 11.0. The van der Waals surface area contributed by atoms with Gasteiger partial charge in [-0.3, -0.25) is 4.68 Å². The molecule has 1 aliphatic heterocycles. The van der Waals surface area contributed by atoms with Gasteiger partial charge < -0.3 is 14.6 Å². The quantitative estimate of drug-likeness (QED) is 0.891. The Hall–Kier alpha value is -2.50. The summed E-state index contributed by atoms with van der Waals surface area (Å²) < 4.78 is 12.4. The standard InChI is InChI=1S/C13H12N2O4/c1-7-3-4-10-12(19-6-18-10)11(7)9-5-8(13(16)17)14-15(9)2/h3-5H,6H2,1-2H3,(H,16,17). The summed E-state index contributed by atoms with van der Waals surface area (Å²) in [5.41, 5.74) is 2.49. The number of rotatable bonds is 2. The highest BCUT2D eigenvalue weighted by atomic mass is 16.7. The Kier molecular flexibility index (Phi) is 2.45. The number of carbonyl (C=O) groups is 1. The first-order valence-electron chi connectivity index (χ1n) is 5.75. The van der Waals surface area contributed by atoms with Crippen molar-refractivity contribution >= 4 is 5.97 Å². The second-order valence-corrected chi connectivity index (χ2v) is 4.33. The van der Waals surface area contributed by atoms with Crippen LogP contribution in [0, 0.1) is 6.92 Å². The van der Waals surface area contributed by atoms with Crippen LogP contribution in [0.25, 0.3) is 11.3 Å². The second-order valence-electron chi connectivity index (χ2n) is 4.33. The highest BCUT2D eigenvalue weighted by Gasteiger charge is 2.24.